The Bertz CT molecular complexity index is 1560. The minimum Gasteiger partial charge on any atom is -0.452 e. The van der Waals surface area contributed by atoms with Gasteiger partial charge in [0.1, 0.15) is 10.6 Å². The molecule has 0 spiro atoms. The number of carbonyl (C=O) groups is 2. The van der Waals surface area contributed by atoms with Crippen LogP contribution in [-0.2, 0) is 31.3 Å². The van der Waals surface area contributed by atoms with E-state index in [1.54, 1.807) is 44.3 Å². The lowest BCUT2D eigenvalue weighted by molar-refractivity contribution is -0.124. The first-order valence-corrected chi connectivity index (χ1v) is 14.1. The fraction of sp³-hybridized carbons (Fsp3) is 0.320. The van der Waals surface area contributed by atoms with Gasteiger partial charge >= 0.3 is 5.97 Å². The maximum Gasteiger partial charge on any atom is 0.338 e. The number of hydrogen-bond acceptors (Lipinski definition) is 7. The Labute approximate surface area is 234 Å². The average Bonchev–Trinajstić information content (AvgIpc) is 3.50. The van der Waals surface area contributed by atoms with Gasteiger partial charge in [-0.3, -0.25) is 19.0 Å². The van der Waals surface area contributed by atoms with Crippen LogP contribution in [0.25, 0.3) is 5.69 Å². The molecule has 1 saturated heterocycles. The number of anilines is 1. The summed E-state index contributed by atoms with van der Waals surface area (Å²) in [4.78, 5) is 37.3. The molecular formula is C25H26Cl2N4O7S. The van der Waals surface area contributed by atoms with Gasteiger partial charge in [-0.1, -0.05) is 41.4 Å². The molecule has 1 fully saturated rings. The van der Waals surface area contributed by atoms with Crippen molar-refractivity contribution < 1.29 is 27.5 Å². The Morgan fingerprint density at radius 3 is 2.56 bits per heavy atom. The highest BCUT2D eigenvalue weighted by atomic mass is 35.5. The zero-order chi connectivity index (χ0) is 28.3. The second kappa shape index (κ2) is 11.8. The Morgan fingerprint density at radius 1 is 1.18 bits per heavy atom. The molecule has 208 valence electrons. The molecule has 1 atom stereocenters. The van der Waals surface area contributed by atoms with Crippen LogP contribution in [0.2, 0.25) is 10.0 Å². The summed E-state index contributed by atoms with van der Waals surface area (Å²) in [5, 5.41) is 2.03. The summed E-state index contributed by atoms with van der Waals surface area (Å²) < 4.78 is 42.2. The van der Waals surface area contributed by atoms with Gasteiger partial charge in [0.15, 0.2) is 6.61 Å². The average molecular weight is 597 g/mol. The fourth-order valence-electron chi connectivity index (χ4n) is 4.05. The second-order valence-electron chi connectivity index (χ2n) is 8.83. The van der Waals surface area contributed by atoms with E-state index in [0.29, 0.717) is 24.5 Å². The summed E-state index contributed by atoms with van der Waals surface area (Å²) in [6, 6.07) is 10.8. The van der Waals surface area contributed by atoms with E-state index in [9.17, 15) is 22.8 Å². The van der Waals surface area contributed by atoms with Gasteiger partial charge in [-0.2, -0.15) is 0 Å². The van der Waals surface area contributed by atoms with Crippen LogP contribution in [0.5, 0.6) is 0 Å². The topological polar surface area (TPSA) is 138 Å². The lowest BCUT2D eigenvalue weighted by atomic mass is 10.2. The zero-order valence-electron chi connectivity index (χ0n) is 21.1. The molecule has 11 nitrogen and oxygen atoms in total. The number of carbonyl (C=O) groups excluding carboxylic acids is 2. The largest absolute Gasteiger partial charge is 0.452 e. The van der Waals surface area contributed by atoms with Crippen LogP contribution in [-0.4, -0.2) is 55.5 Å². The monoisotopic (exact) mass is 596 g/mol. The first-order valence-electron chi connectivity index (χ1n) is 11.9. The highest BCUT2D eigenvalue weighted by Gasteiger charge is 2.27. The van der Waals surface area contributed by atoms with E-state index in [1.165, 1.54) is 9.36 Å². The van der Waals surface area contributed by atoms with Crippen LogP contribution in [0.1, 0.15) is 28.9 Å². The quantitative estimate of drug-likeness (QED) is 0.362. The van der Waals surface area contributed by atoms with Crippen molar-refractivity contribution in [2.75, 3.05) is 24.5 Å². The number of para-hydroxylation sites is 1. The molecule has 2 aromatic carbocycles. The SMILES string of the molecule is Cc1c(NS(=O)(=O)c2cc(C(=O)OCC(=O)NCC3CCCO3)cc(Cl)c2Cl)c(=O)n(-c2ccccc2)n1C. The highest BCUT2D eigenvalue weighted by Crippen LogP contribution is 2.32. The third kappa shape index (κ3) is 6.30. The van der Waals surface area contributed by atoms with Crippen molar-refractivity contribution >= 4 is 50.8 Å². The van der Waals surface area contributed by atoms with Crippen LogP contribution >= 0.6 is 23.2 Å². The second-order valence-corrected chi connectivity index (χ2v) is 11.3. The van der Waals surface area contributed by atoms with Crippen LogP contribution in [0.4, 0.5) is 5.69 Å². The van der Waals surface area contributed by atoms with E-state index in [1.807, 2.05) is 0 Å². The Hall–Kier alpha value is -3.32. The molecule has 39 heavy (non-hydrogen) atoms. The predicted molar refractivity (Wildman–Crippen MR) is 145 cm³/mol. The third-order valence-corrected chi connectivity index (χ3v) is 8.48. The molecule has 0 radical (unpaired) electrons. The minimum atomic E-state index is -4.50. The molecule has 0 bridgehead atoms. The van der Waals surface area contributed by atoms with Gasteiger partial charge < -0.3 is 14.8 Å². The predicted octanol–water partition coefficient (Wildman–Crippen LogP) is 3.04. The molecule has 0 saturated carbocycles. The maximum absolute atomic E-state index is 13.3. The van der Waals surface area contributed by atoms with Crippen molar-refractivity contribution in [1.82, 2.24) is 14.7 Å². The fourth-order valence-corrected chi connectivity index (χ4v) is 5.98. The smallest absolute Gasteiger partial charge is 0.338 e. The van der Waals surface area contributed by atoms with Gasteiger partial charge in [-0.05, 0) is 44.0 Å². The van der Waals surface area contributed by atoms with Crippen molar-refractivity contribution in [3.63, 3.8) is 0 Å². The summed E-state index contributed by atoms with van der Waals surface area (Å²) in [7, 11) is -2.89. The Morgan fingerprint density at radius 2 is 1.90 bits per heavy atom. The first kappa shape index (κ1) is 28.7. The van der Waals surface area contributed by atoms with E-state index in [0.717, 1.165) is 25.0 Å². The van der Waals surface area contributed by atoms with Crippen molar-refractivity contribution in [2.45, 2.75) is 30.8 Å². The van der Waals surface area contributed by atoms with Gasteiger partial charge in [0.25, 0.3) is 21.5 Å². The third-order valence-electron chi connectivity index (χ3n) is 6.20. The molecule has 2 heterocycles. The van der Waals surface area contributed by atoms with Gasteiger partial charge in [0.05, 0.1) is 33.1 Å². The Balaban J connectivity index is 1.54. The Kier molecular flexibility index (Phi) is 8.70. The molecule has 1 amide bonds. The van der Waals surface area contributed by atoms with E-state index < -0.39 is 39.0 Å². The number of nitrogens with one attached hydrogen (secondary N) is 2. The van der Waals surface area contributed by atoms with E-state index in [2.05, 4.69) is 10.0 Å². The molecule has 4 rings (SSSR count). The molecule has 3 aromatic rings. The summed E-state index contributed by atoms with van der Waals surface area (Å²) in [6.07, 6.45) is 1.67. The summed E-state index contributed by atoms with van der Waals surface area (Å²) in [5.74, 6) is -1.53. The van der Waals surface area contributed by atoms with Crippen molar-refractivity contribution in [3.8, 4) is 5.69 Å². The van der Waals surface area contributed by atoms with Crippen molar-refractivity contribution in [2.24, 2.45) is 7.05 Å². The van der Waals surface area contributed by atoms with Gasteiger partial charge in [-0.25, -0.2) is 17.9 Å². The molecule has 2 N–H and O–H groups in total. The number of sulfonamides is 1. The summed E-state index contributed by atoms with van der Waals surface area (Å²) >= 11 is 12.3. The molecule has 14 heteroatoms. The number of aromatic nitrogens is 2. The molecule has 1 aromatic heterocycles. The molecule has 1 aliphatic rings. The van der Waals surface area contributed by atoms with E-state index in [-0.39, 0.29) is 27.4 Å². The standard InChI is InChI=1S/C25H26Cl2N4O7S/c1-15-23(24(33)31(30(15)2)17-7-4-3-5-8-17)29-39(35,36)20-12-16(11-19(26)22(20)27)25(34)38-14-21(32)28-13-18-9-6-10-37-18/h3-5,7-8,11-12,18,29H,6,9-10,13-14H2,1-2H3,(H,28,32). The lowest BCUT2D eigenvalue weighted by Crippen LogP contribution is -2.34. The first-order chi connectivity index (χ1) is 18.5. The number of ether oxygens (including phenoxy) is 2. The minimum absolute atomic E-state index is 0.0787. The highest BCUT2D eigenvalue weighted by molar-refractivity contribution is 7.92. The normalized spacial score (nSPS) is 15.2. The number of esters is 1. The maximum atomic E-state index is 13.3. The van der Waals surface area contributed by atoms with Crippen molar-refractivity contribution in [1.29, 1.82) is 0 Å². The van der Waals surface area contributed by atoms with Crippen LogP contribution in [0.3, 0.4) is 0 Å². The summed E-state index contributed by atoms with van der Waals surface area (Å²) in [6.45, 7) is 1.92. The van der Waals surface area contributed by atoms with E-state index in [4.69, 9.17) is 32.7 Å². The van der Waals surface area contributed by atoms with Crippen molar-refractivity contribution in [3.05, 3.63) is 74.1 Å². The number of benzene rings is 2. The molecule has 0 aliphatic carbocycles. The molecular weight excluding hydrogens is 571 g/mol. The van der Waals surface area contributed by atoms with Crippen LogP contribution < -0.4 is 15.6 Å². The lowest BCUT2D eigenvalue weighted by Gasteiger charge is -2.13. The van der Waals surface area contributed by atoms with Crippen LogP contribution in [0.15, 0.2) is 52.2 Å². The van der Waals surface area contributed by atoms with Crippen LogP contribution in [0, 0.1) is 6.92 Å². The number of amides is 1. The van der Waals surface area contributed by atoms with E-state index >= 15 is 0 Å². The van der Waals surface area contributed by atoms with Gasteiger partial charge in [0.2, 0.25) is 0 Å². The number of halogens is 2. The number of nitrogens with zero attached hydrogens (tertiary/aromatic N) is 2. The number of hydrogen-bond donors (Lipinski definition) is 2. The molecule has 1 aliphatic heterocycles. The van der Waals surface area contributed by atoms with Gasteiger partial charge in [0, 0.05) is 20.2 Å². The number of rotatable bonds is 9. The van der Waals surface area contributed by atoms with Gasteiger partial charge in [-0.15, -0.1) is 0 Å². The summed E-state index contributed by atoms with van der Waals surface area (Å²) in [5.41, 5.74) is -0.201. The zero-order valence-corrected chi connectivity index (χ0v) is 23.4. The molecule has 1 unspecified atom stereocenters.